The Kier molecular flexibility index (Phi) is 6.50. The number of ketones is 1. The Morgan fingerprint density at radius 1 is 1.18 bits per heavy atom. The number of nitrogens with one attached hydrogen (secondary N) is 1. The van der Waals surface area contributed by atoms with Crippen molar-refractivity contribution in [2.24, 2.45) is 11.8 Å². The van der Waals surface area contributed by atoms with Crippen molar-refractivity contribution in [1.29, 1.82) is 0 Å². The molecule has 0 bridgehead atoms. The van der Waals surface area contributed by atoms with E-state index in [1.165, 1.54) is 11.6 Å². The Morgan fingerprint density at radius 2 is 1.98 bits per heavy atom. The SMILES string of the molecule is CC(=O)c1nn(CC(=O)N2[C@@H]3C[C@@H]3C[C@H]2C(=O)NCC2CC(F)(F)C2)c2ccc(OCc3nccc(C)n3)cc12. The normalized spacial score (nSPS) is 23.0. The van der Waals surface area contributed by atoms with Crippen LogP contribution >= 0.6 is 0 Å². The van der Waals surface area contributed by atoms with Gasteiger partial charge in [-0.15, -0.1) is 0 Å². The quantitative estimate of drug-likeness (QED) is 0.405. The average molecular weight is 553 g/mol. The molecule has 1 saturated heterocycles. The maximum atomic E-state index is 13.5. The smallest absolute Gasteiger partial charge is 0.248 e. The topological polar surface area (TPSA) is 119 Å². The summed E-state index contributed by atoms with van der Waals surface area (Å²) in [6, 6.07) is 6.35. The zero-order chi connectivity index (χ0) is 28.2. The predicted octanol–water partition coefficient (Wildman–Crippen LogP) is 3.07. The van der Waals surface area contributed by atoms with Gasteiger partial charge in [-0.2, -0.15) is 5.10 Å². The van der Waals surface area contributed by atoms with E-state index in [0.717, 1.165) is 12.1 Å². The predicted molar refractivity (Wildman–Crippen MR) is 139 cm³/mol. The number of nitrogens with zero attached hydrogens (tertiary/aromatic N) is 5. The van der Waals surface area contributed by atoms with Crippen molar-refractivity contribution >= 4 is 28.5 Å². The molecular formula is C28H30F2N6O4. The summed E-state index contributed by atoms with van der Waals surface area (Å²) in [6.45, 7) is 3.48. The molecule has 3 fully saturated rings. The van der Waals surface area contributed by atoms with Crippen LogP contribution in [0.3, 0.4) is 0 Å². The number of hydrogen-bond acceptors (Lipinski definition) is 7. The second-order valence-electron chi connectivity index (χ2n) is 11.1. The van der Waals surface area contributed by atoms with Crippen molar-refractivity contribution in [2.75, 3.05) is 6.54 Å². The number of Topliss-reactive ketones (excluding diaryl/α,β-unsaturated/α-hetero) is 1. The molecule has 2 amide bonds. The number of aryl methyl sites for hydroxylation is 1. The first-order chi connectivity index (χ1) is 19.1. The highest BCUT2D eigenvalue weighted by Crippen LogP contribution is 2.48. The Labute approximate surface area is 229 Å². The van der Waals surface area contributed by atoms with E-state index < -0.39 is 12.0 Å². The van der Waals surface area contributed by atoms with E-state index in [1.54, 1.807) is 35.4 Å². The number of alkyl halides is 2. The minimum atomic E-state index is -2.64. The van der Waals surface area contributed by atoms with Gasteiger partial charge in [0, 0.05) is 49.6 Å². The van der Waals surface area contributed by atoms with Crippen molar-refractivity contribution in [3.05, 3.63) is 47.7 Å². The van der Waals surface area contributed by atoms with Gasteiger partial charge in [-0.1, -0.05) is 0 Å². The Hall–Kier alpha value is -3.96. The largest absolute Gasteiger partial charge is 0.486 e. The highest BCUT2D eigenvalue weighted by atomic mass is 19.3. The number of amides is 2. The van der Waals surface area contributed by atoms with Gasteiger partial charge in [0.05, 0.1) is 5.52 Å². The van der Waals surface area contributed by atoms with E-state index in [1.807, 2.05) is 6.92 Å². The fraction of sp³-hybridized carbons (Fsp3) is 0.500. The third-order valence-electron chi connectivity index (χ3n) is 7.99. The van der Waals surface area contributed by atoms with Gasteiger partial charge in [-0.25, -0.2) is 18.7 Å². The summed E-state index contributed by atoms with van der Waals surface area (Å²) in [7, 11) is 0. The first kappa shape index (κ1) is 26.3. The highest BCUT2D eigenvalue weighted by molar-refractivity contribution is 6.05. The molecule has 1 aromatic carbocycles. The molecule has 40 heavy (non-hydrogen) atoms. The lowest BCUT2D eigenvalue weighted by molar-refractivity contribution is -0.141. The molecule has 3 aliphatic rings. The second kappa shape index (κ2) is 9.90. The van der Waals surface area contributed by atoms with Gasteiger partial charge in [0.1, 0.15) is 30.6 Å². The lowest BCUT2D eigenvalue weighted by atomic mass is 9.81. The van der Waals surface area contributed by atoms with E-state index in [0.29, 0.717) is 28.9 Å². The molecule has 0 unspecified atom stereocenters. The number of halogens is 2. The molecular weight excluding hydrogens is 522 g/mol. The van der Waals surface area contributed by atoms with Gasteiger partial charge in [0.15, 0.2) is 11.6 Å². The number of hydrogen-bond donors (Lipinski definition) is 1. The molecule has 3 heterocycles. The van der Waals surface area contributed by atoms with E-state index in [2.05, 4.69) is 20.4 Å². The number of benzene rings is 1. The second-order valence-corrected chi connectivity index (χ2v) is 11.1. The number of rotatable bonds is 9. The van der Waals surface area contributed by atoms with Crippen molar-refractivity contribution < 1.29 is 27.9 Å². The molecule has 0 spiro atoms. The van der Waals surface area contributed by atoms with Crippen LogP contribution in [-0.2, 0) is 22.7 Å². The fourth-order valence-electron chi connectivity index (χ4n) is 5.90. The van der Waals surface area contributed by atoms with Crippen LogP contribution in [0.1, 0.15) is 54.6 Å². The van der Waals surface area contributed by atoms with Crippen molar-refractivity contribution in [2.45, 2.75) is 70.7 Å². The minimum absolute atomic E-state index is 0.00534. The molecule has 1 N–H and O–H groups in total. The van der Waals surface area contributed by atoms with Crippen molar-refractivity contribution in [3.8, 4) is 5.75 Å². The Bertz CT molecular complexity index is 1500. The fourth-order valence-corrected chi connectivity index (χ4v) is 5.90. The van der Waals surface area contributed by atoms with Gasteiger partial charge in [0.25, 0.3) is 0 Å². The van der Waals surface area contributed by atoms with Crippen molar-refractivity contribution in [1.82, 2.24) is 30.0 Å². The summed E-state index contributed by atoms with van der Waals surface area (Å²) in [5.41, 5.74) is 1.64. The summed E-state index contributed by atoms with van der Waals surface area (Å²) < 4.78 is 33.6. The van der Waals surface area contributed by atoms with Crippen LogP contribution in [0.4, 0.5) is 8.78 Å². The molecule has 0 radical (unpaired) electrons. The van der Waals surface area contributed by atoms with Gasteiger partial charge in [-0.3, -0.25) is 19.1 Å². The van der Waals surface area contributed by atoms with Gasteiger partial charge in [-0.05, 0) is 55.9 Å². The monoisotopic (exact) mass is 552 g/mol. The summed E-state index contributed by atoms with van der Waals surface area (Å²) in [6.07, 6.45) is 2.63. The number of piperidine rings is 1. The molecule has 2 saturated carbocycles. The molecule has 3 atom stereocenters. The van der Waals surface area contributed by atoms with Crippen LogP contribution in [0, 0.1) is 18.8 Å². The van der Waals surface area contributed by atoms with E-state index in [9.17, 15) is 23.2 Å². The molecule has 6 rings (SSSR count). The van der Waals surface area contributed by atoms with E-state index in [4.69, 9.17) is 4.74 Å². The lowest BCUT2D eigenvalue weighted by Gasteiger charge is -2.35. The van der Waals surface area contributed by atoms with Gasteiger partial charge in [0.2, 0.25) is 17.7 Å². The summed E-state index contributed by atoms with van der Waals surface area (Å²) in [5.74, 6) is -2.39. The molecule has 1 aliphatic heterocycles. The molecule has 3 aromatic rings. The molecule has 2 aromatic heterocycles. The molecule has 210 valence electrons. The number of likely N-dealkylation sites (tertiary alicyclic amines) is 1. The van der Waals surface area contributed by atoms with E-state index >= 15 is 0 Å². The Balaban J connectivity index is 1.16. The maximum Gasteiger partial charge on any atom is 0.248 e. The molecule has 10 nitrogen and oxygen atoms in total. The van der Waals surface area contributed by atoms with Crippen LogP contribution in [0.15, 0.2) is 30.5 Å². The summed E-state index contributed by atoms with van der Waals surface area (Å²) in [5, 5.41) is 7.77. The first-order valence-corrected chi connectivity index (χ1v) is 13.5. The summed E-state index contributed by atoms with van der Waals surface area (Å²) in [4.78, 5) is 49.0. The van der Waals surface area contributed by atoms with Crippen LogP contribution in [0.25, 0.3) is 10.9 Å². The first-order valence-electron chi connectivity index (χ1n) is 13.5. The zero-order valence-corrected chi connectivity index (χ0v) is 22.3. The van der Waals surface area contributed by atoms with Gasteiger partial charge < -0.3 is 15.0 Å². The standard InChI is InChI=1S/C28H30F2N6O4/c1-15-5-6-31-24(33-15)14-40-19-3-4-21-20(9-19)26(16(2)37)34-35(21)13-25(38)36-22-7-18(22)8-23(36)27(39)32-12-17-10-28(29,30)11-17/h3-6,9,17-18,22-23H,7-8,10-14H2,1-2H3,(H,32,39)/t18-,22-,23+/m1/s1. The van der Waals surface area contributed by atoms with Crippen LogP contribution in [0.2, 0.25) is 0 Å². The maximum absolute atomic E-state index is 13.5. The highest BCUT2D eigenvalue weighted by Gasteiger charge is 2.56. The van der Waals surface area contributed by atoms with Crippen LogP contribution in [0.5, 0.6) is 5.75 Å². The van der Waals surface area contributed by atoms with Crippen molar-refractivity contribution in [3.63, 3.8) is 0 Å². The number of fused-ring (bicyclic) bond motifs is 2. The number of aromatic nitrogens is 4. The van der Waals surface area contributed by atoms with E-state index in [-0.39, 0.29) is 73.7 Å². The Morgan fingerprint density at radius 3 is 2.70 bits per heavy atom. The average Bonchev–Trinajstić information content (AvgIpc) is 3.40. The number of carbonyl (C=O) groups is 3. The zero-order valence-electron chi connectivity index (χ0n) is 22.3. The third kappa shape index (κ3) is 5.14. The minimum Gasteiger partial charge on any atom is -0.486 e. The summed E-state index contributed by atoms with van der Waals surface area (Å²) >= 11 is 0. The number of carbonyl (C=O) groups excluding carboxylic acids is 3. The molecule has 2 aliphatic carbocycles. The number of ether oxygens (including phenoxy) is 1. The van der Waals surface area contributed by atoms with Crippen LogP contribution in [-0.4, -0.2) is 66.8 Å². The molecule has 12 heteroatoms. The third-order valence-corrected chi connectivity index (χ3v) is 7.99. The van der Waals surface area contributed by atoms with Gasteiger partial charge >= 0.3 is 0 Å². The lowest BCUT2D eigenvalue weighted by Crippen LogP contribution is -2.51. The van der Waals surface area contributed by atoms with Crippen LogP contribution < -0.4 is 10.1 Å².